The van der Waals surface area contributed by atoms with Gasteiger partial charge in [0, 0.05) is 128 Å². The van der Waals surface area contributed by atoms with Crippen molar-refractivity contribution in [3.63, 3.8) is 0 Å². The second-order valence-electron chi connectivity index (χ2n) is 11.9. The van der Waals surface area contributed by atoms with E-state index in [4.69, 9.17) is 0 Å². The molecule has 3 aliphatic rings. The lowest BCUT2D eigenvalue weighted by molar-refractivity contribution is 0.848. The maximum Gasteiger partial charge on any atom is 0.0728 e. The molecule has 6 aromatic rings. The molecule has 0 fully saturated rings. The fourth-order valence-corrected chi connectivity index (χ4v) is 6.94. The molecule has 9 rings (SSSR count). The lowest BCUT2D eigenvalue weighted by Gasteiger charge is -2.19. The smallest absolute Gasteiger partial charge is 0.0728 e. The molecule has 8 nitrogen and oxygen atoms in total. The van der Waals surface area contributed by atoms with Crippen LogP contribution in [0.5, 0.6) is 0 Å². The minimum absolute atomic E-state index is 0.117. The summed E-state index contributed by atoms with van der Waals surface area (Å²) in [5.74, 6) is 0. The number of allylic oxidation sites excluding steroid dienone is 2. The minimum Gasteiger partial charge on any atom is -0.374 e. The summed E-state index contributed by atoms with van der Waals surface area (Å²) in [6, 6.07) is 24.7. The predicted octanol–water partition coefficient (Wildman–Crippen LogP) is 4.61. The number of hydrogen-bond donors (Lipinski definition) is 4. The van der Waals surface area contributed by atoms with E-state index in [1.807, 2.05) is 61.4 Å². The van der Waals surface area contributed by atoms with Crippen LogP contribution in [-0.4, -0.2) is 42.0 Å². The molecule has 48 heavy (non-hydrogen) atoms. The third kappa shape index (κ3) is 4.87. The van der Waals surface area contributed by atoms with Gasteiger partial charge in [-0.05, 0) is 60.7 Å². The Morgan fingerprint density at radius 1 is 0.438 bits per heavy atom. The van der Waals surface area contributed by atoms with E-state index >= 15 is 0 Å². The molecule has 0 amide bonds. The molecule has 4 N–H and O–H groups in total. The van der Waals surface area contributed by atoms with Crippen LogP contribution in [0.2, 0.25) is 0 Å². The van der Waals surface area contributed by atoms with Crippen molar-refractivity contribution in [2.75, 3.05) is 0 Å². The summed E-state index contributed by atoms with van der Waals surface area (Å²) in [7, 11) is 0. The highest BCUT2D eigenvalue weighted by Gasteiger charge is 2.27. The lowest BCUT2D eigenvalue weighted by atomic mass is 10.00. The summed E-state index contributed by atoms with van der Waals surface area (Å²) >= 11 is 0. The standard InChI is InChI=1S/C40H30N8/c1-5-25(21-41-17-1)37-29-9-11-31(45-29)38(26-6-2-18-42-22-26)33-13-15-35(47-33)40(28-8-4-20-44-24-28)36-16-14-34(48-36)39(27-7-3-19-43-23-27)32-12-10-30(37)46-32/h1-24,29,34,45-48H/b37-30-,38-31-,39-32?,40-36-. The van der Waals surface area contributed by atoms with Gasteiger partial charge in [-0.1, -0.05) is 36.4 Å². The first-order valence-corrected chi connectivity index (χ1v) is 15.9. The van der Waals surface area contributed by atoms with Gasteiger partial charge in [-0.15, -0.1) is 0 Å². The van der Waals surface area contributed by atoms with Crippen LogP contribution in [0.1, 0.15) is 33.6 Å². The Morgan fingerprint density at radius 3 is 1.25 bits per heavy atom. The highest BCUT2D eigenvalue weighted by Crippen LogP contribution is 2.34. The SMILES string of the molecule is C1=CC2N/C1=C(/c1cccnc1)c1ccc([nH]1)/C(c1cccnc1)=C1/C=CC(N1)/C(c1cccnc1)=c1/ccc([nH]1)=C2c1cccnc1. The average Bonchev–Trinajstić information content (AvgIpc) is 3.98. The number of hydrogen-bond acceptors (Lipinski definition) is 6. The number of aromatic nitrogens is 6. The van der Waals surface area contributed by atoms with E-state index in [9.17, 15) is 0 Å². The van der Waals surface area contributed by atoms with E-state index in [1.54, 1.807) is 12.4 Å². The maximum atomic E-state index is 4.49. The Hall–Kier alpha value is -6.54. The summed E-state index contributed by atoms with van der Waals surface area (Å²) in [6.07, 6.45) is 23.7. The fourth-order valence-electron chi connectivity index (χ4n) is 6.94. The molecular formula is C40H30N8. The molecule has 8 bridgehead atoms. The van der Waals surface area contributed by atoms with Crippen molar-refractivity contribution < 1.29 is 0 Å². The van der Waals surface area contributed by atoms with E-state index < -0.39 is 0 Å². The molecule has 3 aliphatic heterocycles. The molecule has 0 aromatic carbocycles. The summed E-state index contributed by atoms with van der Waals surface area (Å²) < 4.78 is 0. The van der Waals surface area contributed by atoms with Crippen molar-refractivity contribution in [1.29, 1.82) is 0 Å². The summed E-state index contributed by atoms with van der Waals surface area (Å²) in [4.78, 5) is 25.5. The first-order chi connectivity index (χ1) is 23.8. The fraction of sp³-hybridized carbons (Fsp3) is 0.0500. The van der Waals surface area contributed by atoms with E-state index in [0.29, 0.717) is 0 Å². The van der Waals surface area contributed by atoms with Crippen LogP contribution < -0.4 is 21.3 Å². The monoisotopic (exact) mass is 622 g/mol. The molecule has 2 unspecified atom stereocenters. The predicted molar refractivity (Wildman–Crippen MR) is 187 cm³/mol. The number of aromatic amines is 2. The van der Waals surface area contributed by atoms with E-state index in [1.165, 1.54) is 0 Å². The second kappa shape index (κ2) is 11.7. The number of nitrogens with zero attached hydrogens (tertiary/aromatic N) is 4. The summed E-state index contributed by atoms with van der Waals surface area (Å²) in [6.45, 7) is 0. The van der Waals surface area contributed by atoms with Crippen molar-refractivity contribution >= 4 is 22.3 Å². The van der Waals surface area contributed by atoms with Gasteiger partial charge in [-0.25, -0.2) is 0 Å². The van der Waals surface area contributed by atoms with Crippen molar-refractivity contribution in [2.24, 2.45) is 0 Å². The Labute approximate surface area is 276 Å². The average molecular weight is 623 g/mol. The van der Waals surface area contributed by atoms with Crippen molar-refractivity contribution in [2.45, 2.75) is 12.1 Å². The van der Waals surface area contributed by atoms with Crippen molar-refractivity contribution in [3.8, 4) is 0 Å². The molecule has 0 spiro atoms. The Morgan fingerprint density at radius 2 is 0.854 bits per heavy atom. The lowest BCUT2D eigenvalue weighted by Crippen LogP contribution is -2.32. The van der Waals surface area contributed by atoms with Crippen LogP contribution in [0.15, 0.2) is 158 Å². The number of rotatable bonds is 4. The van der Waals surface area contributed by atoms with Gasteiger partial charge in [0.25, 0.3) is 0 Å². The number of pyridine rings is 4. The van der Waals surface area contributed by atoms with Crippen LogP contribution in [0.25, 0.3) is 22.3 Å². The third-order valence-corrected chi connectivity index (χ3v) is 9.03. The van der Waals surface area contributed by atoms with Crippen molar-refractivity contribution in [1.82, 2.24) is 40.5 Å². The highest BCUT2D eigenvalue weighted by molar-refractivity contribution is 5.88. The maximum absolute atomic E-state index is 4.49. The molecule has 0 saturated carbocycles. The van der Waals surface area contributed by atoms with Gasteiger partial charge in [0.05, 0.1) is 12.1 Å². The van der Waals surface area contributed by atoms with E-state index in [-0.39, 0.29) is 12.1 Å². The normalized spacial score (nSPS) is 22.5. The molecule has 0 aliphatic carbocycles. The Kier molecular flexibility index (Phi) is 6.75. The number of fused-ring (bicyclic) bond motifs is 8. The molecule has 0 radical (unpaired) electrons. The Bertz CT molecular complexity index is 2220. The molecule has 8 heteroatoms. The molecule has 9 heterocycles. The zero-order chi connectivity index (χ0) is 31.9. The van der Waals surface area contributed by atoms with Gasteiger partial charge in [0.2, 0.25) is 0 Å². The van der Waals surface area contributed by atoms with Gasteiger partial charge >= 0.3 is 0 Å². The quantitative estimate of drug-likeness (QED) is 0.229. The first kappa shape index (κ1) is 27.7. The summed E-state index contributed by atoms with van der Waals surface area (Å²) in [5.41, 5.74) is 12.3. The van der Waals surface area contributed by atoms with Crippen LogP contribution in [-0.2, 0) is 0 Å². The zero-order valence-corrected chi connectivity index (χ0v) is 25.8. The molecule has 0 saturated heterocycles. The first-order valence-electron chi connectivity index (χ1n) is 15.9. The topological polar surface area (TPSA) is 107 Å². The van der Waals surface area contributed by atoms with Crippen LogP contribution >= 0.6 is 0 Å². The van der Waals surface area contributed by atoms with Crippen LogP contribution in [0, 0.1) is 0 Å². The van der Waals surface area contributed by atoms with Gasteiger partial charge < -0.3 is 20.6 Å². The number of H-pyrrole nitrogens is 2. The van der Waals surface area contributed by atoms with Crippen molar-refractivity contribution in [3.05, 3.63) is 202 Å². The minimum atomic E-state index is -0.117. The second-order valence-corrected chi connectivity index (χ2v) is 11.9. The largest absolute Gasteiger partial charge is 0.374 e. The molecular weight excluding hydrogens is 592 g/mol. The van der Waals surface area contributed by atoms with E-state index in [2.05, 4.69) is 113 Å². The van der Waals surface area contributed by atoms with E-state index in [0.717, 1.165) is 78.0 Å². The zero-order valence-electron chi connectivity index (χ0n) is 25.8. The van der Waals surface area contributed by atoms with Gasteiger partial charge in [0.15, 0.2) is 0 Å². The molecule has 6 aromatic heterocycles. The molecule has 2 atom stereocenters. The Balaban J connectivity index is 1.36. The number of nitrogens with one attached hydrogen (secondary N) is 4. The van der Waals surface area contributed by atoms with Crippen LogP contribution in [0.4, 0.5) is 0 Å². The van der Waals surface area contributed by atoms with Gasteiger partial charge in [-0.3, -0.25) is 19.9 Å². The van der Waals surface area contributed by atoms with Gasteiger partial charge in [0.1, 0.15) is 0 Å². The molecule has 230 valence electrons. The third-order valence-electron chi connectivity index (χ3n) is 9.03. The van der Waals surface area contributed by atoms with Gasteiger partial charge in [-0.2, -0.15) is 0 Å². The summed E-state index contributed by atoms with van der Waals surface area (Å²) in [5, 5.41) is 9.73. The highest BCUT2D eigenvalue weighted by atomic mass is 15.0. The van der Waals surface area contributed by atoms with Crippen LogP contribution in [0.3, 0.4) is 0 Å².